The molecule has 0 fully saturated rings. The molecule has 0 spiro atoms. The minimum absolute atomic E-state index is 0.0455. The third-order valence-corrected chi connectivity index (χ3v) is 5.94. The Labute approximate surface area is 217 Å². The van der Waals surface area contributed by atoms with Gasteiger partial charge in [-0.25, -0.2) is 4.68 Å². The number of oxime groups is 1. The fraction of sp³-hybridized carbons (Fsp3) is 0.154. The molecule has 10 nitrogen and oxygen atoms in total. The van der Waals surface area contributed by atoms with Crippen LogP contribution in [-0.4, -0.2) is 36.1 Å². The molecular formula is C26H22ClN7O3. The van der Waals surface area contributed by atoms with E-state index in [0.717, 1.165) is 22.4 Å². The smallest absolute Gasteiger partial charge is 0.257 e. The van der Waals surface area contributed by atoms with E-state index < -0.39 is 0 Å². The summed E-state index contributed by atoms with van der Waals surface area (Å²) in [6.45, 7) is 3.99. The molecule has 0 N–H and O–H groups in total. The highest BCUT2D eigenvalue weighted by Gasteiger charge is 2.16. The Bertz CT molecular complexity index is 1560. The number of halogens is 1. The minimum atomic E-state index is -0.0455. The number of tetrazole rings is 1. The lowest BCUT2D eigenvalue weighted by Gasteiger charge is -2.12. The van der Waals surface area contributed by atoms with Gasteiger partial charge in [-0.05, 0) is 59.7 Å². The van der Waals surface area contributed by atoms with E-state index in [9.17, 15) is 0 Å². The van der Waals surface area contributed by atoms with Gasteiger partial charge in [0.15, 0.2) is 12.3 Å². The maximum Gasteiger partial charge on any atom is 0.257 e. The van der Waals surface area contributed by atoms with Crippen molar-refractivity contribution in [3.05, 3.63) is 100 Å². The lowest BCUT2D eigenvalue weighted by molar-refractivity contribution is 0.111. The zero-order valence-electron chi connectivity index (χ0n) is 20.3. The van der Waals surface area contributed by atoms with Crippen molar-refractivity contribution in [2.75, 3.05) is 0 Å². The van der Waals surface area contributed by atoms with E-state index >= 15 is 0 Å². The van der Waals surface area contributed by atoms with Gasteiger partial charge in [0.05, 0.1) is 5.02 Å². The van der Waals surface area contributed by atoms with Gasteiger partial charge in [-0.1, -0.05) is 59.2 Å². The zero-order chi connectivity index (χ0) is 25.8. The fourth-order valence-electron chi connectivity index (χ4n) is 3.50. The predicted octanol–water partition coefficient (Wildman–Crippen LogP) is 5.29. The van der Waals surface area contributed by atoms with Crippen molar-refractivity contribution in [1.82, 2.24) is 30.4 Å². The summed E-state index contributed by atoms with van der Waals surface area (Å²) in [7, 11) is 1.72. The lowest BCUT2D eigenvalue weighted by Crippen LogP contribution is -2.12. The highest BCUT2D eigenvalue weighted by atomic mass is 35.5. The Morgan fingerprint density at radius 1 is 0.973 bits per heavy atom. The molecule has 0 saturated carbocycles. The van der Waals surface area contributed by atoms with Crippen molar-refractivity contribution in [1.29, 1.82) is 0 Å². The van der Waals surface area contributed by atoms with Crippen LogP contribution in [0.5, 0.6) is 11.5 Å². The Kier molecular flexibility index (Phi) is 6.91. The van der Waals surface area contributed by atoms with Gasteiger partial charge >= 0.3 is 0 Å². The second kappa shape index (κ2) is 10.6. The maximum absolute atomic E-state index is 6.49. The number of aromatic nitrogens is 6. The number of rotatable bonds is 8. The van der Waals surface area contributed by atoms with Gasteiger partial charge in [0, 0.05) is 18.2 Å². The van der Waals surface area contributed by atoms with Crippen molar-refractivity contribution in [2.45, 2.75) is 20.5 Å². The van der Waals surface area contributed by atoms with Gasteiger partial charge in [-0.2, -0.15) is 0 Å². The number of aryl methyl sites for hydroxylation is 2. The first-order valence-corrected chi connectivity index (χ1v) is 11.7. The SMILES string of the molecule is Cc1cccc(Oc2ccc(-c3nnc(CO/N=C(/c4ccccc4)c4nnnn4C)o3)cc2Cl)c1C. The normalized spacial score (nSPS) is 11.5. The van der Waals surface area contributed by atoms with E-state index in [4.69, 9.17) is 25.6 Å². The molecule has 0 radical (unpaired) electrons. The van der Waals surface area contributed by atoms with E-state index in [-0.39, 0.29) is 12.5 Å². The van der Waals surface area contributed by atoms with Crippen LogP contribution in [0, 0.1) is 13.8 Å². The summed E-state index contributed by atoms with van der Waals surface area (Å²) in [5.74, 6) is 2.27. The molecule has 3 aromatic carbocycles. The standard InChI is InChI=1S/C26H22ClN7O3/c1-16-8-7-11-21(17(16)2)36-22-13-12-19(14-20(22)27)26-30-28-23(37-26)15-35-31-24(18-9-5-4-6-10-18)25-29-32-33-34(25)3/h4-14H,15H2,1-3H3/b31-24-. The van der Waals surface area contributed by atoms with E-state index in [1.807, 2.05) is 62.4 Å². The van der Waals surface area contributed by atoms with Crippen LogP contribution in [0.3, 0.4) is 0 Å². The van der Waals surface area contributed by atoms with Crippen LogP contribution in [0.4, 0.5) is 0 Å². The molecule has 0 unspecified atom stereocenters. The van der Waals surface area contributed by atoms with E-state index in [0.29, 0.717) is 33.8 Å². The first kappa shape index (κ1) is 24.1. The second-order valence-electron chi connectivity index (χ2n) is 8.15. The summed E-state index contributed by atoms with van der Waals surface area (Å²) < 4.78 is 13.3. The van der Waals surface area contributed by atoms with Crippen LogP contribution in [0.15, 0.2) is 76.3 Å². The molecule has 11 heteroatoms. The first-order valence-electron chi connectivity index (χ1n) is 11.3. The number of hydrogen-bond acceptors (Lipinski definition) is 9. The van der Waals surface area contributed by atoms with Gasteiger partial charge in [0.1, 0.15) is 11.5 Å². The Morgan fingerprint density at radius 2 is 1.81 bits per heavy atom. The van der Waals surface area contributed by atoms with Crippen molar-refractivity contribution < 1.29 is 14.0 Å². The molecule has 0 amide bonds. The lowest BCUT2D eigenvalue weighted by atomic mass is 10.1. The van der Waals surface area contributed by atoms with E-state index in [1.165, 1.54) is 4.68 Å². The molecule has 0 atom stereocenters. The molecule has 0 aliphatic rings. The number of benzene rings is 3. The first-order chi connectivity index (χ1) is 18.0. The Morgan fingerprint density at radius 3 is 2.57 bits per heavy atom. The molecular weight excluding hydrogens is 494 g/mol. The van der Waals surface area contributed by atoms with E-state index in [2.05, 4.69) is 30.9 Å². The van der Waals surface area contributed by atoms with Crippen LogP contribution in [-0.2, 0) is 18.5 Å². The van der Waals surface area contributed by atoms with Crippen LogP contribution in [0.25, 0.3) is 11.5 Å². The summed E-state index contributed by atoms with van der Waals surface area (Å²) in [6.07, 6.45) is 0. The van der Waals surface area contributed by atoms with Crippen molar-refractivity contribution >= 4 is 17.3 Å². The predicted molar refractivity (Wildman–Crippen MR) is 136 cm³/mol. The summed E-state index contributed by atoms with van der Waals surface area (Å²) >= 11 is 6.49. The maximum atomic E-state index is 6.49. The van der Waals surface area contributed by atoms with Gasteiger partial charge in [-0.3, -0.25) is 0 Å². The minimum Gasteiger partial charge on any atom is -0.456 e. The average Bonchev–Trinajstić information content (AvgIpc) is 3.55. The van der Waals surface area contributed by atoms with Crippen molar-refractivity contribution in [3.8, 4) is 23.0 Å². The van der Waals surface area contributed by atoms with Crippen molar-refractivity contribution in [3.63, 3.8) is 0 Å². The summed E-state index contributed by atoms with van der Waals surface area (Å²) in [4.78, 5) is 5.53. The zero-order valence-corrected chi connectivity index (χ0v) is 21.0. The Hall–Kier alpha value is -4.57. The van der Waals surface area contributed by atoms with Crippen LogP contribution >= 0.6 is 11.6 Å². The van der Waals surface area contributed by atoms with Gasteiger partial charge in [0.25, 0.3) is 5.89 Å². The molecule has 186 valence electrons. The van der Waals surface area contributed by atoms with Gasteiger partial charge in [-0.15, -0.1) is 15.3 Å². The van der Waals surface area contributed by atoms with Crippen LogP contribution in [0.1, 0.15) is 28.4 Å². The summed E-state index contributed by atoms with van der Waals surface area (Å²) in [6, 6.07) is 20.6. The van der Waals surface area contributed by atoms with Crippen LogP contribution in [0.2, 0.25) is 5.02 Å². The molecule has 0 saturated heterocycles. The third kappa shape index (κ3) is 5.34. The number of nitrogens with zero attached hydrogens (tertiary/aromatic N) is 7. The van der Waals surface area contributed by atoms with Crippen molar-refractivity contribution in [2.24, 2.45) is 12.2 Å². The monoisotopic (exact) mass is 515 g/mol. The quantitative estimate of drug-likeness (QED) is 0.202. The summed E-state index contributed by atoms with van der Waals surface area (Å²) in [5.41, 5.74) is 4.11. The number of hydrogen-bond donors (Lipinski definition) is 0. The molecule has 0 aliphatic heterocycles. The molecule has 5 aromatic rings. The molecule has 2 aromatic heterocycles. The van der Waals surface area contributed by atoms with E-state index in [1.54, 1.807) is 25.2 Å². The van der Waals surface area contributed by atoms with Gasteiger partial charge in [0.2, 0.25) is 11.7 Å². The highest BCUT2D eigenvalue weighted by Crippen LogP contribution is 2.34. The topological polar surface area (TPSA) is 113 Å². The molecule has 2 heterocycles. The molecule has 37 heavy (non-hydrogen) atoms. The fourth-order valence-corrected chi connectivity index (χ4v) is 3.72. The molecule has 0 bridgehead atoms. The second-order valence-corrected chi connectivity index (χ2v) is 8.56. The summed E-state index contributed by atoms with van der Waals surface area (Å²) in [5, 5.41) is 24.4. The highest BCUT2D eigenvalue weighted by molar-refractivity contribution is 6.32. The largest absolute Gasteiger partial charge is 0.456 e. The Balaban J connectivity index is 1.30. The third-order valence-electron chi connectivity index (χ3n) is 5.64. The molecule has 0 aliphatic carbocycles. The average molecular weight is 516 g/mol. The van der Waals surface area contributed by atoms with Crippen LogP contribution < -0.4 is 4.74 Å². The molecule has 5 rings (SSSR count). The van der Waals surface area contributed by atoms with Gasteiger partial charge < -0.3 is 14.0 Å². The number of ether oxygens (including phenoxy) is 1.